The number of benzene rings is 2. The Kier molecular flexibility index (Phi) is 13.6. The van der Waals surface area contributed by atoms with E-state index in [1.54, 1.807) is 12.1 Å². The summed E-state index contributed by atoms with van der Waals surface area (Å²) in [4.78, 5) is 14.8. The molecule has 2 aromatic heterocycles. The fourth-order valence-corrected chi connectivity index (χ4v) is 6.20. The van der Waals surface area contributed by atoms with E-state index in [4.69, 9.17) is 4.98 Å². The number of phenols is 1. The van der Waals surface area contributed by atoms with Gasteiger partial charge >= 0.3 is 17.1 Å². The third-order valence-corrected chi connectivity index (χ3v) is 8.60. The van der Waals surface area contributed by atoms with Gasteiger partial charge in [-0.25, -0.2) is 4.98 Å². The number of phenolic OH excluding ortho intramolecular Hbond substituents is 1. The summed E-state index contributed by atoms with van der Waals surface area (Å²) >= 11 is 0. The molecule has 3 heterocycles. The summed E-state index contributed by atoms with van der Waals surface area (Å²) in [6.45, 7) is 10.6. The van der Waals surface area contributed by atoms with Gasteiger partial charge in [0.2, 0.25) is 0 Å². The van der Waals surface area contributed by atoms with Gasteiger partial charge in [0, 0.05) is 57.6 Å². The van der Waals surface area contributed by atoms with Crippen LogP contribution in [0.15, 0.2) is 59.7 Å². The first-order chi connectivity index (χ1) is 22.7. The van der Waals surface area contributed by atoms with Gasteiger partial charge < -0.3 is 24.6 Å². The molecule has 1 aliphatic heterocycles. The van der Waals surface area contributed by atoms with E-state index in [-0.39, 0.29) is 22.8 Å². The molecular formula is C39H44FeN6O+2. The molecule has 0 spiro atoms. The summed E-state index contributed by atoms with van der Waals surface area (Å²) in [7, 11) is 0. The number of nitrogens with zero attached hydrogens (tertiary/aromatic N) is 5. The quantitative estimate of drug-likeness (QED) is 0.113. The fourth-order valence-electron chi connectivity index (χ4n) is 6.20. The molecular weight excluding hydrogens is 624 g/mol. The Morgan fingerprint density at radius 1 is 0.830 bits per heavy atom. The van der Waals surface area contributed by atoms with Crippen molar-refractivity contribution in [2.75, 3.05) is 57.7 Å². The first kappa shape index (κ1) is 35.4. The van der Waals surface area contributed by atoms with Gasteiger partial charge in [-0.2, -0.15) is 0 Å². The summed E-state index contributed by atoms with van der Waals surface area (Å²) in [5.74, 6) is 2.49. The molecule has 8 heteroatoms. The Hall–Kier alpha value is -2.90. The second-order valence-corrected chi connectivity index (χ2v) is 11.9. The number of hydrogen-bond acceptors (Lipinski definition) is 6. The second-order valence-electron chi connectivity index (χ2n) is 11.9. The number of fused-ring (bicyclic) bond motifs is 3. The van der Waals surface area contributed by atoms with E-state index in [1.165, 1.54) is 17.0 Å². The van der Waals surface area contributed by atoms with Gasteiger partial charge in [-0.15, -0.1) is 0 Å². The van der Waals surface area contributed by atoms with Gasteiger partial charge in [-0.1, -0.05) is 12.1 Å². The van der Waals surface area contributed by atoms with Crippen molar-refractivity contribution in [1.29, 1.82) is 0 Å². The standard InChI is InChI=1S/C34H39N6O.C5H5.Fe/c1-26-25-40-31-11-5-4-10-30(31)37-34(33(40)32(26)28-8-2-3-9-28)36-17-7-19-39-22-20-38(21-23-39)18-6-16-35-24-27-12-14-29(41)15-13-27;1-2-4-5-3-1;/h2-5,8-15,24-25,41H,6-7,16-23H2,1H3,(H,36,37);1-5H;/q;;+2. The molecule has 10 radical (unpaired) electrons. The van der Waals surface area contributed by atoms with E-state index in [0.29, 0.717) is 0 Å². The van der Waals surface area contributed by atoms with Crippen molar-refractivity contribution in [2.45, 2.75) is 19.8 Å². The molecule has 1 saturated heterocycles. The van der Waals surface area contributed by atoms with Crippen molar-refractivity contribution in [3.05, 3.63) is 135 Å². The van der Waals surface area contributed by atoms with Gasteiger partial charge in [-0.3, -0.25) is 4.99 Å². The van der Waals surface area contributed by atoms with Crippen LogP contribution in [0.1, 0.15) is 29.5 Å². The molecule has 2 N–H and O–H groups in total. The van der Waals surface area contributed by atoms with E-state index in [2.05, 4.69) is 87.6 Å². The summed E-state index contributed by atoms with van der Waals surface area (Å²) in [6.07, 6.45) is 24.9. The van der Waals surface area contributed by atoms with Crippen LogP contribution in [0.2, 0.25) is 0 Å². The molecule has 242 valence electrons. The second kappa shape index (κ2) is 18.0. The van der Waals surface area contributed by atoms with Crippen molar-refractivity contribution in [1.82, 2.24) is 19.2 Å². The maximum absolute atomic E-state index is 9.38. The zero-order chi connectivity index (χ0) is 31.6. The van der Waals surface area contributed by atoms with Crippen LogP contribution in [0.25, 0.3) is 16.6 Å². The fraction of sp³-hybridized carbons (Fsp3) is 0.282. The van der Waals surface area contributed by atoms with Crippen LogP contribution >= 0.6 is 0 Å². The number of para-hydroxylation sites is 2. The number of aromatic hydroxyl groups is 1. The summed E-state index contributed by atoms with van der Waals surface area (Å²) < 4.78 is 2.31. The normalized spacial score (nSPS) is 17.7. The Balaban J connectivity index is 0.000000662. The largest absolute Gasteiger partial charge is 2.00 e. The molecule has 3 fully saturated rings. The van der Waals surface area contributed by atoms with Crippen molar-refractivity contribution >= 4 is 28.6 Å². The predicted octanol–water partition coefficient (Wildman–Crippen LogP) is 6.20. The van der Waals surface area contributed by atoms with Crippen molar-refractivity contribution in [3.63, 3.8) is 0 Å². The Morgan fingerprint density at radius 2 is 1.47 bits per heavy atom. The number of nitrogens with one attached hydrogen (secondary N) is 1. The van der Waals surface area contributed by atoms with Gasteiger partial charge in [-0.05, 0) is 144 Å². The van der Waals surface area contributed by atoms with E-state index >= 15 is 0 Å². The molecule has 7 nitrogen and oxygen atoms in total. The van der Waals surface area contributed by atoms with Gasteiger partial charge in [0.15, 0.2) is 5.82 Å². The SMILES string of the molecule is Cc1cn2c(c(NCCCN3CCN(CCCN=Cc4ccc(O)cc4)CC3)nc3ccccc32)c1[C]1[CH][CH][CH][CH]1.[CH]1[CH][CH][CH][CH]1.[Fe+2]. The number of piperazine rings is 1. The van der Waals surface area contributed by atoms with Gasteiger partial charge in [0.1, 0.15) is 5.75 Å². The summed E-state index contributed by atoms with van der Waals surface area (Å²) in [5, 5.41) is 13.1. The zero-order valence-corrected chi connectivity index (χ0v) is 28.2. The van der Waals surface area contributed by atoms with Crippen LogP contribution in [0.5, 0.6) is 5.75 Å². The van der Waals surface area contributed by atoms with E-state index in [1.807, 2.05) is 50.5 Å². The molecule has 2 aromatic carbocycles. The minimum atomic E-state index is 0. The van der Waals surface area contributed by atoms with Crippen molar-refractivity contribution in [2.24, 2.45) is 4.99 Å². The summed E-state index contributed by atoms with van der Waals surface area (Å²) in [6, 6.07) is 15.6. The molecule has 2 saturated carbocycles. The summed E-state index contributed by atoms with van der Waals surface area (Å²) in [5.41, 5.74) is 6.85. The van der Waals surface area contributed by atoms with Crippen LogP contribution in [0, 0.1) is 70.6 Å². The monoisotopic (exact) mass is 668 g/mol. The van der Waals surface area contributed by atoms with E-state index in [9.17, 15) is 5.11 Å². The average molecular weight is 669 g/mol. The number of aliphatic imine (C=N–C) groups is 1. The number of aryl methyl sites for hydroxylation is 1. The maximum Gasteiger partial charge on any atom is 2.00 e. The minimum absolute atomic E-state index is 0. The number of rotatable bonds is 11. The van der Waals surface area contributed by atoms with Crippen LogP contribution < -0.4 is 5.32 Å². The topological polar surface area (TPSA) is 68.4 Å². The first-order valence-electron chi connectivity index (χ1n) is 16.4. The van der Waals surface area contributed by atoms with E-state index < -0.39 is 0 Å². The number of anilines is 1. The molecule has 3 aliphatic rings. The van der Waals surface area contributed by atoms with Gasteiger partial charge in [0.25, 0.3) is 0 Å². The zero-order valence-electron chi connectivity index (χ0n) is 27.1. The van der Waals surface area contributed by atoms with Crippen LogP contribution in [-0.2, 0) is 17.1 Å². The van der Waals surface area contributed by atoms with Crippen LogP contribution in [-0.4, -0.2) is 82.9 Å². The molecule has 0 amide bonds. The van der Waals surface area contributed by atoms with Crippen LogP contribution in [0.3, 0.4) is 0 Å². The Labute approximate surface area is 292 Å². The Morgan fingerprint density at radius 3 is 2.15 bits per heavy atom. The van der Waals surface area contributed by atoms with Crippen LogP contribution in [0.4, 0.5) is 5.82 Å². The van der Waals surface area contributed by atoms with Crippen molar-refractivity contribution in [3.8, 4) is 5.75 Å². The molecule has 7 rings (SSSR count). The Bertz CT molecular complexity index is 1540. The first-order valence-corrected chi connectivity index (χ1v) is 16.4. The third-order valence-electron chi connectivity index (χ3n) is 8.60. The molecule has 4 aromatic rings. The predicted molar refractivity (Wildman–Crippen MR) is 190 cm³/mol. The number of hydrogen-bond donors (Lipinski definition) is 2. The average Bonchev–Trinajstić information content (AvgIpc) is 3.88. The maximum atomic E-state index is 9.38. The number of aromatic nitrogens is 2. The molecule has 2 aliphatic carbocycles. The smallest absolute Gasteiger partial charge is 0.508 e. The minimum Gasteiger partial charge on any atom is -0.508 e. The molecule has 0 atom stereocenters. The molecule has 0 bridgehead atoms. The van der Waals surface area contributed by atoms with E-state index in [0.717, 1.165) is 93.1 Å². The van der Waals surface area contributed by atoms with Gasteiger partial charge in [0.05, 0.1) is 16.6 Å². The molecule has 47 heavy (non-hydrogen) atoms. The third kappa shape index (κ3) is 9.60. The van der Waals surface area contributed by atoms with Crippen molar-refractivity contribution < 1.29 is 22.2 Å². The molecule has 0 unspecified atom stereocenters.